The predicted octanol–water partition coefficient (Wildman–Crippen LogP) is 1.48. The molecule has 0 saturated heterocycles. The SMILES string of the molecule is CSC(C)CNC(=O)C(C)Cl. The molecule has 11 heavy (non-hydrogen) atoms. The molecule has 0 aliphatic heterocycles. The van der Waals surface area contributed by atoms with Crippen molar-refractivity contribution in [2.45, 2.75) is 24.5 Å². The van der Waals surface area contributed by atoms with E-state index in [1.807, 2.05) is 6.26 Å². The van der Waals surface area contributed by atoms with E-state index in [1.165, 1.54) is 0 Å². The zero-order valence-electron chi connectivity index (χ0n) is 7.06. The summed E-state index contributed by atoms with van der Waals surface area (Å²) in [4.78, 5) is 10.9. The maximum atomic E-state index is 10.9. The number of amides is 1. The topological polar surface area (TPSA) is 29.1 Å². The van der Waals surface area contributed by atoms with Crippen LogP contribution in [-0.2, 0) is 4.79 Å². The first kappa shape index (κ1) is 11.1. The molecule has 0 aromatic rings. The van der Waals surface area contributed by atoms with E-state index >= 15 is 0 Å². The van der Waals surface area contributed by atoms with Crippen molar-refractivity contribution in [3.8, 4) is 0 Å². The quantitative estimate of drug-likeness (QED) is 0.689. The molecular weight excluding hydrogens is 182 g/mol. The van der Waals surface area contributed by atoms with Gasteiger partial charge in [-0.2, -0.15) is 11.8 Å². The minimum absolute atomic E-state index is 0.0902. The van der Waals surface area contributed by atoms with E-state index in [9.17, 15) is 4.79 Å². The minimum atomic E-state index is -0.427. The molecule has 1 N–H and O–H groups in total. The highest BCUT2D eigenvalue weighted by Crippen LogP contribution is 2.03. The molecule has 0 aromatic heterocycles. The second-order valence-corrected chi connectivity index (χ2v) is 4.34. The Bertz CT molecular complexity index is 130. The van der Waals surface area contributed by atoms with Crippen LogP contribution in [0, 0.1) is 0 Å². The van der Waals surface area contributed by atoms with Gasteiger partial charge in [-0.05, 0) is 13.2 Å². The standard InChI is InChI=1S/C7H14ClNOS/c1-5(11-3)4-9-7(10)6(2)8/h5-6H,4H2,1-3H3,(H,9,10). The van der Waals surface area contributed by atoms with Gasteiger partial charge in [0.2, 0.25) is 5.91 Å². The summed E-state index contributed by atoms with van der Waals surface area (Å²) in [5.41, 5.74) is 0. The number of nitrogens with one attached hydrogen (secondary N) is 1. The van der Waals surface area contributed by atoms with Crippen LogP contribution in [0.4, 0.5) is 0 Å². The van der Waals surface area contributed by atoms with Crippen LogP contribution in [0.2, 0.25) is 0 Å². The lowest BCUT2D eigenvalue weighted by Gasteiger charge is -2.10. The Hall–Kier alpha value is 0.110. The summed E-state index contributed by atoms with van der Waals surface area (Å²) in [5.74, 6) is -0.0902. The van der Waals surface area contributed by atoms with Crippen LogP contribution in [0.15, 0.2) is 0 Å². The lowest BCUT2D eigenvalue weighted by molar-refractivity contribution is -0.120. The highest BCUT2D eigenvalue weighted by atomic mass is 35.5. The van der Waals surface area contributed by atoms with Crippen LogP contribution in [0.5, 0.6) is 0 Å². The molecule has 0 saturated carbocycles. The number of carbonyl (C=O) groups is 1. The predicted molar refractivity (Wildman–Crippen MR) is 51.3 cm³/mol. The third-order valence-corrected chi connectivity index (χ3v) is 2.50. The van der Waals surface area contributed by atoms with Crippen molar-refractivity contribution in [2.75, 3.05) is 12.8 Å². The van der Waals surface area contributed by atoms with Crippen molar-refractivity contribution >= 4 is 29.3 Å². The molecule has 2 unspecified atom stereocenters. The Kier molecular flexibility index (Phi) is 5.78. The Labute approximate surface area is 77.1 Å². The summed E-state index contributed by atoms with van der Waals surface area (Å²) < 4.78 is 0. The summed E-state index contributed by atoms with van der Waals surface area (Å²) in [7, 11) is 0. The van der Waals surface area contributed by atoms with Gasteiger partial charge in [-0.15, -0.1) is 11.6 Å². The van der Waals surface area contributed by atoms with E-state index in [1.54, 1.807) is 18.7 Å². The summed E-state index contributed by atoms with van der Waals surface area (Å²) in [5, 5.41) is 2.77. The number of hydrogen-bond acceptors (Lipinski definition) is 2. The molecule has 66 valence electrons. The molecule has 0 rings (SSSR count). The number of alkyl halides is 1. The van der Waals surface area contributed by atoms with Gasteiger partial charge in [-0.1, -0.05) is 6.92 Å². The second-order valence-electron chi connectivity index (χ2n) is 2.41. The number of carbonyl (C=O) groups excluding carboxylic acids is 1. The third-order valence-electron chi connectivity index (χ3n) is 1.33. The van der Waals surface area contributed by atoms with Gasteiger partial charge in [0.05, 0.1) is 0 Å². The van der Waals surface area contributed by atoms with Gasteiger partial charge >= 0.3 is 0 Å². The molecule has 0 bridgehead atoms. The zero-order chi connectivity index (χ0) is 8.85. The van der Waals surface area contributed by atoms with Crippen molar-refractivity contribution in [3.05, 3.63) is 0 Å². The summed E-state index contributed by atoms with van der Waals surface area (Å²) >= 11 is 7.26. The number of halogens is 1. The smallest absolute Gasteiger partial charge is 0.237 e. The van der Waals surface area contributed by atoms with E-state index in [4.69, 9.17) is 11.6 Å². The first-order valence-corrected chi connectivity index (χ1v) is 5.25. The molecule has 0 radical (unpaired) electrons. The van der Waals surface area contributed by atoms with E-state index in [2.05, 4.69) is 12.2 Å². The van der Waals surface area contributed by atoms with E-state index in [0.717, 1.165) is 0 Å². The van der Waals surface area contributed by atoms with Crippen LogP contribution in [0.25, 0.3) is 0 Å². The molecule has 0 heterocycles. The maximum absolute atomic E-state index is 10.9. The van der Waals surface area contributed by atoms with Crippen molar-refractivity contribution in [1.29, 1.82) is 0 Å². The van der Waals surface area contributed by atoms with Crippen LogP contribution >= 0.6 is 23.4 Å². The molecule has 1 amide bonds. The Morgan fingerprint density at radius 1 is 1.64 bits per heavy atom. The summed E-state index contributed by atoms with van der Waals surface area (Å²) in [6.45, 7) is 4.42. The molecular formula is C7H14ClNOS. The lowest BCUT2D eigenvalue weighted by Crippen LogP contribution is -2.33. The van der Waals surface area contributed by atoms with Crippen molar-refractivity contribution in [1.82, 2.24) is 5.32 Å². The fraction of sp³-hybridized carbons (Fsp3) is 0.857. The molecule has 0 spiro atoms. The van der Waals surface area contributed by atoms with Gasteiger partial charge in [-0.3, -0.25) is 4.79 Å². The van der Waals surface area contributed by atoms with Crippen molar-refractivity contribution < 1.29 is 4.79 Å². The first-order chi connectivity index (χ1) is 5.07. The minimum Gasteiger partial charge on any atom is -0.354 e. The molecule has 2 atom stereocenters. The monoisotopic (exact) mass is 195 g/mol. The number of hydrogen-bond donors (Lipinski definition) is 1. The fourth-order valence-electron chi connectivity index (χ4n) is 0.468. The molecule has 0 aromatic carbocycles. The summed E-state index contributed by atoms with van der Waals surface area (Å²) in [6.07, 6.45) is 2.01. The molecule has 4 heteroatoms. The molecule has 2 nitrogen and oxygen atoms in total. The van der Waals surface area contributed by atoms with Gasteiger partial charge in [-0.25, -0.2) is 0 Å². The largest absolute Gasteiger partial charge is 0.354 e. The zero-order valence-corrected chi connectivity index (χ0v) is 8.63. The van der Waals surface area contributed by atoms with Gasteiger partial charge in [0.1, 0.15) is 5.38 Å². The lowest BCUT2D eigenvalue weighted by atomic mass is 10.4. The van der Waals surface area contributed by atoms with Crippen LogP contribution in [0.3, 0.4) is 0 Å². The average molecular weight is 196 g/mol. The molecule has 0 aliphatic carbocycles. The van der Waals surface area contributed by atoms with E-state index < -0.39 is 5.38 Å². The fourth-order valence-corrected chi connectivity index (χ4v) is 0.795. The van der Waals surface area contributed by atoms with E-state index in [0.29, 0.717) is 11.8 Å². The Morgan fingerprint density at radius 3 is 2.55 bits per heavy atom. The maximum Gasteiger partial charge on any atom is 0.237 e. The van der Waals surface area contributed by atoms with Crippen molar-refractivity contribution in [2.24, 2.45) is 0 Å². The Morgan fingerprint density at radius 2 is 2.18 bits per heavy atom. The van der Waals surface area contributed by atoms with E-state index in [-0.39, 0.29) is 5.91 Å². The number of rotatable bonds is 4. The highest BCUT2D eigenvalue weighted by Gasteiger charge is 2.08. The van der Waals surface area contributed by atoms with Crippen LogP contribution in [0.1, 0.15) is 13.8 Å². The second kappa shape index (κ2) is 5.72. The number of thioether (sulfide) groups is 1. The highest BCUT2D eigenvalue weighted by molar-refractivity contribution is 7.99. The Balaban J connectivity index is 3.46. The van der Waals surface area contributed by atoms with Gasteiger partial charge < -0.3 is 5.32 Å². The van der Waals surface area contributed by atoms with Crippen molar-refractivity contribution in [3.63, 3.8) is 0 Å². The average Bonchev–Trinajstić information content (AvgIpc) is 1.99. The normalized spacial score (nSPS) is 15.6. The first-order valence-electron chi connectivity index (χ1n) is 3.52. The van der Waals surface area contributed by atoms with Gasteiger partial charge in [0.25, 0.3) is 0 Å². The van der Waals surface area contributed by atoms with Crippen LogP contribution in [-0.4, -0.2) is 29.3 Å². The van der Waals surface area contributed by atoms with Gasteiger partial charge in [0, 0.05) is 11.8 Å². The summed E-state index contributed by atoms with van der Waals surface area (Å²) in [6, 6.07) is 0. The molecule has 0 aliphatic rings. The van der Waals surface area contributed by atoms with Gasteiger partial charge in [0.15, 0.2) is 0 Å². The van der Waals surface area contributed by atoms with Crippen LogP contribution < -0.4 is 5.32 Å². The third kappa shape index (κ3) is 5.39. The molecule has 0 fully saturated rings.